The molecule has 0 spiro atoms. The van der Waals surface area contributed by atoms with Gasteiger partial charge in [-0.05, 0) is 27.7 Å². The number of nitrogens with zero attached hydrogens (tertiary/aromatic N) is 1. The highest BCUT2D eigenvalue weighted by Gasteiger charge is 2.25. The van der Waals surface area contributed by atoms with Gasteiger partial charge in [0, 0.05) is 17.6 Å². The summed E-state index contributed by atoms with van der Waals surface area (Å²) in [5, 5.41) is 6.37. The van der Waals surface area contributed by atoms with E-state index in [1.807, 2.05) is 19.2 Å². The fraction of sp³-hybridized carbons (Fsp3) is 0.667. The molecule has 1 N–H and O–H groups in total. The summed E-state index contributed by atoms with van der Waals surface area (Å²) in [6, 6.07) is 0.0629. The Morgan fingerprint density at radius 2 is 2.35 bits per heavy atom. The maximum Gasteiger partial charge on any atom is 0.307 e. The van der Waals surface area contributed by atoms with E-state index in [1.54, 1.807) is 17.5 Å². The molecule has 0 aromatic carbocycles. The number of aromatic nitrogens is 1. The van der Waals surface area contributed by atoms with Gasteiger partial charge in [0.15, 0.2) is 0 Å². The smallest absolute Gasteiger partial charge is 0.307 e. The van der Waals surface area contributed by atoms with Crippen molar-refractivity contribution in [3.8, 4) is 0 Å². The summed E-state index contributed by atoms with van der Waals surface area (Å²) in [7, 11) is 0. The molecule has 1 heterocycles. The summed E-state index contributed by atoms with van der Waals surface area (Å²) < 4.78 is 4.93. The molecule has 17 heavy (non-hydrogen) atoms. The molecule has 0 amide bonds. The fourth-order valence-corrected chi connectivity index (χ4v) is 2.46. The lowest BCUT2D eigenvalue weighted by atomic mass is 10.0. The molecule has 0 aliphatic heterocycles. The maximum absolute atomic E-state index is 11.4. The highest BCUT2D eigenvalue weighted by Crippen LogP contribution is 2.22. The molecule has 0 saturated heterocycles. The highest BCUT2D eigenvalue weighted by molar-refractivity contribution is 7.09. The second kappa shape index (κ2) is 6.12. The number of hydrogen-bond acceptors (Lipinski definition) is 5. The van der Waals surface area contributed by atoms with Gasteiger partial charge in [-0.2, -0.15) is 0 Å². The Balaban J connectivity index is 2.50. The lowest BCUT2D eigenvalue weighted by Gasteiger charge is -2.27. The van der Waals surface area contributed by atoms with Crippen molar-refractivity contribution >= 4 is 17.3 Å². The fourth-order valence-electron chi connectivity index (χ4n) is 1.73. The third-order valence-electron chi connectivity index (χ3n) is 2.35. The van der Waals surface area contributed by atoms with Gasteiger partial charge in [0.1, 0.15) is 5.01 Å². The van der Waals surface area contributed by atoms with Gasteiger partial charge in [-0.3, -0.25) is 4.79 Å². The van der Waals surface area contributed by atoms with Crippen LogP contribution in [-0.2, 0) is 15.1 Å². The van der Waals surface area contributed by atoms with Crippen molar-refractivity contribution in [2.75, 3.05) is 6.61 Å². The molecule has 5 heteroatoms. The van der Waals surface area contributed by atoms with Crippen molar-refractivity contribution in [2.24, 2.45) is 0 Å². The average Bonchev–Trinajstić information content (AvgIpc) is 2.69. The molecule has 1 unspecified atom stereocenters. The minimum Gasteiger partial charge on any atom is -0.466 e. The Kier molecular flexibility index (Phi) is 5.08. The standard InChI is InChI=1S/C12H20N2O2S/c1-5-16-10(15)8-9(2)14-12(3,4)11-13-6-7-17-11/h6-7,9,14H,5,8H2,1-4H3. The summed E-state index contributed by atoms with van der Waals surface area (Å²) in [4.78, 5) is 15.6. The molecule has 1 aromatic heterocycles. The van der Waals surface area contributed by atoms with Gasteiger partial charge in [-0.25, -0.2) is 4.98 Å². The highest BCUT2D eigenvalue weighted by atomic mass is 32.1. The first-order chi connectivity index (χ1) is 7.95. The van der Waals surface area contributed by atoms with Gasteiger partial charge in [0.05, 0.1) is 18.6 Å². The molecule has 0 radical (unpaired) electrons. The van der Waals surface area contributed by atoms with Crippen LogP contribution in [0.5, 0.6) is 0 Å². The quantitative estimate of drug-likeness (QED) is 0.794. The van der Waals surface area contributed by atoms with Crippen molar-refractivity contribution in [3.05, 3.63) is 16.6 Å². The minimum atomic E-state index is -0.222. The van der Waals surface area contributed by atoms with Crippen LogP contribution in [-0.4, -0.2) is 23.6 Å². The number of carbonyl (C=O) groups excluding carboxylic acids is 1. The Hall–Kier alpha value is -0.940. The van der Waals surface area contributed by atoms with Crippen molar-refractivity contribution < 1.29 is 9.53 Å². The van der Waals surface area contributed by atoms with E-state index in [0.717, 1.165) is 5.01 Å². The van der Waals surface area contributed by atoms with E-state index in [0.29, 0.717) is 13.0 Å². The largest absolute Gasteiger partial charge is 0.466 e. The Morgan fingerprint density at radius 1 is 1.65 bits per heavy atom. The molecule has 1 aromatic rings. The lowest BCUT2D eigenvalue weighted by molar-refractivity contribution is -0.143. The molecule has 4 nitrogen and oxygen atoms in total. The molecular weight excluding hydrogens is 236 g/mol. The van der Waals surface area contributed by atoms with Gasteiger partial charge in [-0.15, -0.1) is 11.3 Å². The van der Waals surface area contributed by atoms with E-state index in [-0.39, 0.29) is 17.6 Å². The van der Waals surface area contributed by atoms with Crippen LogP contribution in [0.2, 0.25) is 0 Å². The topological polar surface area (TPSA) is 51.2 Å². The zero-order chi connectivity index (χ0) is 12.9. The molecule has 1 rings (SSSR count). The van der Waals surface area contributed by atoms with Gasteiger partial charge in [0.2, 0.25) is 0 Å². The van der Waals surface area contributed by atoms with Gasteiger partial charge in [0.25, 0.3) is 0 Å². The SMILES string of the molecule is CCOC(=O)CC(C)NC(C)(C)c1nccs1. The van der Waals surface area contributed by atoms with E-state index in [2.05, 4.69) is 24.1 Å². The van der Waals surface area contributed by atoms with Crippen molar-refractivity contribution in [1.29, 1.82) is 0 Å². The van der Waals surface area contributed by atoms with Crippen LogP contribution in [0.3, 0.4) is 0 Å². The predicted molar refractivity (Wildman–Crippen MR) is 69.0 cm³/mol. The molecule has 0 aliphatic carbocycles. The van der Waals surface area contributed by atoms with Gasteiger partial charge >= 0.3 is 5.97 Å². The summed E-state index contributed by atoms with van der Waals surface area (Å²) in [5.41, 5.74) is -0.222. The third-order valence-corrected chi connectivity index (χ3v) is 3.45. The van der Waals surface area contributed by atoms with E-state index in [4.69, 9.17) is 4.74 Å². The normalized spacial score (nSPS) is 13.4. The monoisotopic (exact) mass is 256 g/mol. The molecule has 1 atom stereocenters. The Bertz CT molecular complexity index is 349. The number of ether oxygens (including phenoxy) is 1. The second-order valence-electron chi connectivity index (χ2n) is 4.52. The zero-order valence-electron chi connectivity index (χ0n) is 10.8. The molecule has 96 valence electrons. The maximum atomic E-state index is 11.4. The number of esters is 1. The number of thiazole rings is 1. The number of hydrogen-bond donors (Lipinski definition) is 1. The summed E-state index contributed by atoms with van der Waals surface area (Å²) in [6.07, 6.45) is 2.17. The zero-order valence-corrected chi connectivity index (χ0v) is 11.6. The van der Waals surface area contributed by atoms with Crippen molar-refractivity contribution in [2.45, 2.75) is 45.7 Å². The number of nitrogens with one attached hydrogen (secondary N) is 1. The summed E-state index contributed by atoms with van der Waals surface area (Å²) in [6.45, 7) is 8.35. The lowest BCUT2D eigenvalue weighted by Crippen LogP contribution is -2.43. The summed E-state index contributed by atoms with van der Waals surface area (Å²) in [5.74, 6) is -0.164. The van der Waals surface area contributed by atoms with Crippen LogP contribution in [0, 0.1) is 0 Å². The van der Waals surface area contributed by atoms with Crippen LogP contribution in [0.4, 0.5) is 0 Å². The van der Waals surface area contributed by atoms with Crippen LogP contribution < -0.4 is 5.32 Å². The molecule has 0 saturated carbocycles. The Labute approximate surface area is 106 Å². The van der Waals surface area contributed by atoms with Crippen LogP contribution >= 0.6 is 11.3 Å². The summed E-state index contributed by atoms with van der Waals surface area (Å²) >= 11 is 1.61. The van der Waals surface area contributed by atoms with Gasteiger partial charge < -0.3 is 10.1 Å². The van der Waals surface area contributed by atoms with Crippen molar-refractivity contribution in [3.63, 3.8) is 0 Å². The van der Waals surface area contributed by atoms with Crippen LogP contribution in [0.1, 0.15) is 39.1 Å². The molecular formula is C12H20N2O2S. The van der Waals surface area contributed by atoms with Crippen LogP contribution in [0.15, 0.2) is 11.6 Å². The third kappa shape index (κ3) is 4.44. The van der Waals surface area contributed by atoms with Crippen molar-refractivity contribution in [1.82, 2.24) is 10.3 Å². The second-order valence-corrected chi connectivity index (χ2v) is 5.41. The van der Waals surface area contributed by atoms with E-state index in [1.165, 1.54) is 0 Å². The predicted octanol–water partition coefficient (Wildman–Crippen LogP) is 2.31. The van der Waals surface area contributed by atoms with E-state index >= 15 is 0 Å². The Morgan fingerprint density at radius 3 is 2.88 bits per heavy atom. The average molecular weight is 256 g/mol. The first kappa shape index (κ1) is 14.1. The van der Waals surface area contributed by atoms with E-state index in [9.17, 15) is 4.79 Å². The van der Waals surface area contributed by atoms with E-state index < -0.39 is 0 Å². The first-order valence-corrected chi connectivity index (χ1v) is 6.67. The molecule has 0 fully saturated rings. The number of carbonyl (C=O) groups is 1. The number of rotatable bonds is 6. The minimum absolute atomic E-state index is 0.0629. The van der Waals surface area contributed by atoms with Crippen LogP contribution in [0.25, 0.3) is 0 Å². The first-order valence-electron chi connectivity index (χ1n) is 5.79. The molecule has 0 aliphatic rings. The van der Waals surface area contributed by atoms with Gasteiger partial charge in [-0.1, -0.05) is 0 Å². The molecule has 0 bridgehead atoms.